The van der Waals surface area contributed by atoms with Crippen molar-refractivity contribution in [3.63, 3.8) is 0 Å². The normalized spacial score (nSPS) is 19.9. The van der Waals surface area contributed by atoms with Gasteiger partial charge in [0.25, 0.3) is 12.5 Å². The number of pyridine rings is 1. The van der Waals surface area contributed by atoms with E-state index < -0.39 is 26.2 Å². The zero-order chi connectivity index (χ0) is 15.6. The number of nitrogens with one attached hydrogen (secondary N) is 1. The smallest absolute Gasteiger partial charge is 0.370 e. The van der Waals surface area contributed by atoms with E-state index in [4.69, 9.17) is 0 Å². The molecule has 9 nitrogen and oxygen atoms in total. The van der Waals surface area contributed by atoms with E-state index in [1.54, 1.807) is 0 Å². The van der Waals surface area contributed by atoms with Gasteiger partial charge in [-0.05, 0) is 6.07 Å². The number of aliphatic hydroxyl groups is 2. The Morgan fingerprint density at radius 1 is 1.45 bits per heavy atom. The van der Waals surface area contributed by atoms with Crippen molar-refractivity contribution in [3.05, 3.63) is 30.1 Å². The van der Waals surface area contributed by atoms with Crippen LogP contribution < -0.4 is 5.48 Å². The van der Waals surface area contributed by atoms with Gasteiger partial charge in [0.05, 0.1) is 0 Å². The Morgan fingerprint density at radius 3 is 2.45 bits per heavy atom. The summed E-state index contributed by atoms with van der Waals surface area (Å²) in [4.78, 5) is 22.3. The molecule has 11 heteroatoms. The predicted octanol–water partition coefficient (Wildman–Crippen LogP) is -0.00230. The van der Waals surface area contributed by atoms with Crippen LogP contribution in [0.2, 0.25) is 0 Å². The zero-order valence-corrected chi connectivity index (χ0v) is 12.5. The second-order valence-electron chi connectivity index (χ2n) is 4.06. The van der Waals surface area contributed by atoms with Gasteiger partial charge in [-0.2, -0.15) is 5.48 Å². The molecule has 5 N–H and O–H groups in total. The van der Waals surface area contributed by atoms with Crippen molar-refractivity contribution >= 4 is 15.0 Å². The molecule has 0 saturated carbocycles. The summed E-state index contributed by atoms with van der Waals surface area (Å²) >= 11 is 0. The van der Waals surface area contributed by atoms with E-state index >= 15 is 0 Å². The second-order valence-corrected chi connectivity index (χ2v) is 8.74. The van der Waals surface area contributed by atoms with E-state index in [9.17, 15) is 29.1 Å². The SMILES string of the molecule is CNOP(C)(=O)C(O)(C(O)c1cccnc1)P(=O)(O)O. The van der Waals surface area contributed by atoms with Crippen LogP contribution in [-0.2, 0) is 13.8 Å². The molecule has 1 aromatic heterocycles. The molecule has 0 aromatic carbocycles. The van der Waals surface area contributed by atoms with Crippen molar-refractivity contribution in [3.8, 4) is 0 Å². The maximum Gasteiger partial charge on any atom is 0.370 e. The molecule has 0 fully saturated rings. The van der Waals surface area contributed by atoms with Gasteiger partial charge in [0.1, 0.15) is 6.10 Å². The van der Waals surface area contributed by atoms with Gasteiger partial charge in [-0.25, -0.2) is 4.62 Å². The summed E-state index contributed by atoms with van der Waals surface area (Å²) in [7, 11) is -8.56. The number of hydrogen-bond acceptors (Lipinski definition) is 7. The Kier molecular flexibility index (Phi) is 5.23. The summed E-state index contributed by atoms with van der Waals surface area (Å²) in [5, 5.41) is 17.0. The van der Waals surface area contributed by atoms with Crippen molar-refractivity contribution < 1.29 is 33.8 Å². The standard InChI is InChI=1S/C9H16N2O7P2/c1-10-18-19(2,14)9(13,20(15,16)17)8(12)7-4-3-5-11-6-7/h3-6,8,10,12-13H,1-2H3,(H2,15,16,17). The molecule has 1 heterocycles. The van der Waals surface area contributed by atoms with Crippen LogP contribution in [0.15, 0.2) is 24.5 Å². The molecule has 0 radical (unpaired) electrons. The highest BCUT2D eigenvalue weighted by Gasteiger charge is 2.63. The molecule has 1 aromatic rings. The van der Waals surface area contributed by atoms with E-state index in [0.29, 0.717) is 0 Å². The highest BCUT2D eigenvalue weighted by molar-refractivity contribution is 7.75. The lowest BCUT2D eigenvalue weighted by Gasteiger charge is -2.36. The fourth-order valence-electron chi connectivity index (χ4n) is 1.62. The molecule has 1 rings (SSSR count). The number of nitrogens with zero attached hydrogens (tertiary/aromatic N) is 1. The minimum Gasteiger partial charge on any atom is -0.384 e. The van der Waals surface area contributed by atoms with Gasteiger partial charge in [-0.3, -0.25) is 14.1 Å². The van der Waals surface area contributed by atoms with Crippen LogP contribution in [-0.4, -0.2) is 43.8 Å². The maximum absolute atomic E-state index is 12.3. The topological polar surface area (TPSA) is 149 Å². The van der Waals surface area contributed by atoms with Crippen LogP contribution in [0.25, 0.3) is 0 Å². The molecule has 20 heavy (non-hydrogen) atoms. The predicted molar refractivity (Wildman–Crippen MR) is 69.9 cm³/mol. The largest absolute Gasteiger partial charge is 0.384 e. The van der Waals surface area contributed by atoms with Crippen LogP contribution >= 0.6 is 15.0 Å². The monoisotopic (exact) mass is 326 g/mol. The third kappa shape index (κ3) is 3.00. The van der Waals surface area contributed by atoms with E-state index in [1.165, 1.54) is 25.4 Å². The van der Waals surface area contributed by atoms with E-state index in [-0.39, 0.29) is 5.56 Å². The Balaban J connectivity index is 3.41. The molecule has 0 aliphatic carbocycles. The lowest BCUT2D eigenvalue weighted by Crippen LogP contribution is -2.37. The third-order valence-electron chi connectivity index (χ3n) is 2.66. The maximum atomic E-state index is 12.3. The summed E-state index contributed by atoms with van der Waals surface area (Å²) in [5.41, 5.74) is 1.89. The number of hydroxylamine groups is 1. The quantitative estimate of drug-likeness (QED) is 0.359. The average molecular weight is 326 g/mol. The molecule has 0 amide bonds. The van der Waals surface area contributed by atoms with Crippen molar-refractivity contribution in [1.82, 2.24) is 10.5 Å². The molecule has 114 valence electrons. The van der Waals surface area contributed by atoms with E-state index in [0.717, 1.165) is 12.9 Å². The Hall–Kier alpha value is -0.630. The Bertz CT molecular complexity index is 548. The average Bonchev–Trinajstić information content (AvgIpc) is 2.36. The molecule has 0 spiro atoms. The minimum atomic E-state index is -5.41. The van der Waals surface area contributed by atoms with Gasteiger partial charge in [0.2, 0.25) is 0 Å². The molecular formula is C9H16N2O7P2. The first-order valence-corrected chi connectivity index (χ1v) is 9.05. The van der Waals surface area contributed by atoms with Gasteiger partial charge in [-0.15, -0.1) is 0 Å². The molecule has 3 unspecified atom stereocenters. The first-order valence-electron chi connectivity index (χ1n) is 5.37. The fraction of sp³-hybridized carbons (Fsp3) is 0.444. The fourth-order valence-corrected chi connectivity index (χ4v) is 5.18. The van der Waals surface area contributed by atoms with E-state index in [1.807, 2.05) is 5.48 Å². The van der Waals surface area contributed by atoms with Gasteiger partial charge < -0.3 is 20.0 Å². The molecule has 3 atom stereocenters. The summed E-state index contributed by atoms with van der Waals surface area (Å²) in [6, 6.07) is 2.66. The zero-order valence-electron chi connectivity index (χ0n) is 10.7. The summed E-state index contributed by atoms with van der Waals surface area (Å²) < 4.78 is 28.4. The highest BCUT2D eigenvalue weighted by Crippen LogP contribution is 2.73. The number of hydrogen-bond donors (Lipinski definition) is 5. The lowest BCUT2D eigenvalue weighted by molar-refractivity contribution is 0.00777. The first kappa shape index (κ1) is 17.4. The van der Waals surface area contributed by atoms with Gasteiger partial charge in [-0.1, -0.05) is 6.07 Å². The number of rotatable bonds is 6. The number of aromatic nitrogens is 1. The molecule has 0 bridgehead atoms. The highest BCUT2D eigenvalue weighted by atomic mass is 31.2. The third-order valence-corrected chi connectivity index (χ3v) is 7.60. The summed E-state index contributed by atoms with van der Waals surface area (Å²) in [6.07, 6.45) is 0.300. The van der Waals surface area contributed by atoms with Crippen LogP contribution in [0.4, 0.5) is 0 Å². The second kappa shape index (κ2) is 6.01. The molecular weight excluding hydrogens is 310 g/mol. The van der Waals surface area contributed by atoms with Gasteiger partial charge in [0.15, 0.2) is 0 Å². The van der Waals surface area contributed by atoms with Crippen LogP contribution in [0.3, 0.4) is 0 Å². The molecule has 0 aliphatic rings. The minimum absolute atomic E-state index is 0.111. The molecule has 0 aliphatic heterocycles. The van der Waals surface area contributed by atoms with Crippen LogP contribution in [0.1, 0.15) is 11.7 Å². The van der Waals surface area contributed by atoms with E-state index in [2.05, 4.69) is 9.61 Å². The van der Waals surface area contributed by atoms with Crippen molar-refractivity contribution in [1.29, 1.82) is 0 Å². The number of aliphatic hydroxyl groups excluding tert-OH is 1. The molecule has 0 saturated heterocycles. The lowest BCUT2D eigenvalue weighted by atomic mass is 10.2. The van der Waals surface area contributed by atoms with Gasteiger partial charge in [0, 0.05) is 31.7 Å². The summed E-state index contributed by atoms with van der Waals surface area (Å²) in [6.45, 7) is 0.808. The van der Waals surface area contributed by atoms with Crippen molar-refractivity contribution in [2.75, 3.05) is 13.7 Å². The first-order chi connectivity index (χ1) is 9.08. The van der Waals surface area contributed by atoms with Crippen molar-refractivity contribution in [2.45, 2.75) is 11.2 Å². The Morgan fingerprint density at radius 2 is 2.05 bits per heavy atom. The Labute approximate surface area is 115 Å². The van der Waals surface area contributed by atoms with Crippen LogP contribution in [0.5, 0.6) is 0 Å². The summed E-state index contributed by atoms with van der Waals surface area (Å²) in [5.74, 6) is 0. The van der Waals surface area contributed by atoms with Crippen LogP contribution in [0, 0.1) is 0 Å². The van der Waals surface area contributed by atoms with Gasteiger partial charge >= 0.3 is 7.60 Å². The van der Waals surface area contributed by atoms with Crippen molar-refractivity contribution in [2.24, 2.45) is 0 Å².